The minimum Gasteiger partial charge on any atom is -0.312 e. The van der Waals surface area contributed by atoms with Gasteiger partial charge in [0.05, 0.1) is 5.01 Å². The third kappa shape index (κ3) is 3.26. The summed E-state index contributed by atoms with van der Waals surface area (Å²) in [5.74, 6) is 2.62. The third-order valence-electron chi connectivity index (χ3n) is 2.37. The number of rotatable bonds is 6. The van der Waals surface area contributed by atoms with E-state index in [9.17, 15) is 0 Å². The van der Waals surface area contributed by atoms with Gasteiger partial charge in [-0.1, -0.05) is 0 Å². The van der Waals surface area contributed by atoms with E-state index < -0.39 is 0 Å². The van der Waals surface area contributed by atoms with Gasteiger partial charge in [-0.2, -0.15) is 11.8 Å². The number of aromatic nitrogens is 1. The summed E-state index contributed by atoms with van der Waals surface area (Å²) in [5.41, 5.74) is 0. The van der Waals surface area contributed by atoms with E-state index in [1.54, 1.807) is 11.3 Å². The second-order valence-electron chi connectivity index (χ2n) is 3.57. The molecule has 0 atom stereocenters. The summed E-state index contributed by atoms with van der Waals surface area (Å²) in [4.78, 5) is 4.27. The molecular formula is C10H16N2S2. The highest BCUT2D eigenvalue weighted by Crippen LogP contribution is 2.17. The highest BCUT2D eigenvalue weighted by Gasteiger charge is 2.16. The number of aryl methyl sites for hydroxylation is 1. The van der Waals surface area contributed by atoms with Crippen LogP contribution in [-0.2, 0) is 6.42 Å². The van der Waals surface area contributed by atoms with Crippen LogP contribution in [-0.4, -0.2) is 29.1 Å². The van der Waals surface area contributed by atoms with E-state index in [1.165, 1.54) is 35.9 Å². The first kappa shape index (κ1) is 10.5. The van der Waals surface area contributed by atoms with E-state index in [1.807, 2.05) is 18.0 Å². The van der Waals surface area contributed by atoms with Crippen LogP contribution >= 0.6 is 23.1 Å². The van der Waals surface area contributed by atoms with Crippen LogP contribution in [0.4, 0.5) is 0 Å². The van der Waals surface area contributed by atoms with Crippen LogP contribution < -0.4 is 5.32 Å². The fraction of sp³-hybridized carbons (Fsp3) is 0.700. The highest BCUT2D eigenvalue weighted by molar-refractivity contribution is 8.00. The van der Waals surface area contributed by atoms with Crippen LogP contribution in [0.1, 0.15) is 17.8 Å². The number of thioether (sulfide) groups is 1. The van der Waals surface area contributed by atoms with Gasteiger partial charge in [-0.05, 0) is 25.8 Å². The first-order valence-corrected chi connectivity index (χ1v) is 7.18. The minimum atomic E-state index is 0.805. The summed E-state index contributed by atoms with van der Waals surface area (Å²) < 4.78 is 0. The van der Waals surface area contributed by atoms with Crippen molar-refractivity contribution in [3.8, 4) is 0 Å². The molecule has 14 heavy (non-hydrogen) atoms. The molecule has 0 aromatic carbocycles. The molecule has 1 aliphatic heterocycles. The zero-order chi connectivity index (χ0) is 9.64. The van der Waals surface area contributed by atoms with Gasteiger partial charge in [0.2, 0.25) is 0 Å². The second kappa shape index (κ2) is 5.73. The summed E-state index contributed by atoms with van der Waals surface area (Å²) >= 11 is 3.80. The van der Waals surface area contributed by atoms with E-state index in [4.69, 9.17) is 0 Å². The monoisotopic (exact) mass is 228 g/mol. The number of thiazole rings is 1. The van der Waals surface area contributed by atoms with E-state index >= 15 is 0 Å². The fourth-order valence-corrected chi connectivity index (χ4v) is 2.81. The lowest BCUT2D eigenvalue weighted by Gasteiger charge is -2.25. The van der Waals surface area contributed by atoms with Crippen molar-refractivity contribution >= 4 is 23.1 Å². The lowest BCUT2D eigenvalue weighted by atomic mass is 10.2. The Kier molecular flexibility index (Phi) is 4.28. The van der Waals surface area contributed by atoms with E-state index in [0.717, 1.165) is 12.5 Å². The first-order chi connectivity index (χ1) is 6.95. The summed E-state index contributed by atoms with van der Waals surface area (Å²) in [7, 11) is 0. The molecule has 1 saturated heterocycles. The fourth-order valence-electron chi connectivity index (χ4n) is 1.44. The Labute approximate surface area is 93.5 Å². The molecule has 0 saturated carbocycles. The molecule has 0 amide bonds. The van der Waals surface area contributed by atoms with Gasteiger partial charge < -0.3 is 5.32 Å². The number of nitrogens with zero attached hydrogens (tertiary/aromatic N) is 1. The van der Waals surface area contributed by atoms with E-state index in [2.05, 4.69) is 15.7 Å². The summed E-state index contributed by atoms with van der Waals surface area (Å²) in [6.07, 6.45) is 5.59. The molecule has 0 bridgehead atoms. The molecule has 0 radical (unpaired) electrons. The van der Waals surface area contributed by atoms with Crippen molar-refractivity contribution in [1.82, 2.24) is 10.3 Å². The molecule has 1 aromatic heterocycles. The van der Waals surface area contributed by atoms with Gasteiger partial charge in [0.1, 0.15) is 0 Å². The molecule has 2 rings (SSSR count). The van der Waals surface area contributed by atoms with Gasteiger partial charge in [-0.15, -0.1) is 11.3 Å². The highest BCUT2D eigenvalue weighted by atomic mass is 32.2. The van der Waals surface area contributed by atoms with Crippen molar-refractivity contribution < 1.29 is 0 Å². The van der Waals surface area contributed by atoms with Crippen molar-refractivity contribution in [2.75, 3.05) is 18.1 Å². The second-order valence-corrected chi connectivity index (χ2v) is 5.63. The molecule has 1 aromatic rings. The van der Waals surface area contributed by atoms with Gasteiger partial charge in [0, 0.05) is 29.1 Å². The van der Waals surface area contributed by atoms with Crippen LogP contribution in [0, 0.1) is 0 Å². The van der Waals surface area contributed by atoms with E-state index in [0.29, 0.717) is 0 Å². The molecule has 1 fully saturated rings. The predicted octanol–water partition coefficient (Wildman–Crippen LogP) is 2.17. The van der Waals surface area contributed by atoms with Crippen molar-refractivity contribution in [3.05, 3.63) is 16.6 Å². The van der Waals surface area contributed by atoms with Crippen molar-refractivity contribution in [2.45, 2.75) is 25.3 Å². The van der Waals surface area contributed by atoms with Gasteiger partial charge in [0.15, 0.2) is 0 Å². The molecule has 0 unspecified atom stereocenters. The normalized spacial score (nSPS) is 16.9. The van der Waals surface area contributed by atoms with Crippen LogP contribution in [0.15, 0.2) is 11.6 Å². The first-order valence-electron chi connectivity index (χ1n) is 5.14. The number of unbranched alkanes of at least 4 members (excludes halogenated alkanes) is 1. The van der Waals surface area contributed by atoms with Crippen LogP contribution in [0.3, 0.4) is 0 Å². The molecule has 1 N–H and O–H groups in total. The molecule has 0 aliphatic carbocycles. The molecule has 2 nitrogen and oxygen atoms in total. The van der Waals surface area contributed by atoms with Crippen molar-refractivity contribution in [2.24, 2.45) is 0 Å². The third-order valence-corrected chi connectivity index (χ3v) is 4.49. The Balaban J connectivity index is 1.47. The standard InChI is InChI=1S/C10H16N2S2/c1(3-10-12-5-6-14-10)2-4-11-9-7-13-8-9/h5-6,9,11H,1-4,7-8H2. The number of nitrogens with one attached hydrogen (secondary N) is 1. The van der Waals surface area contributed by atoms with Gasteiger partial charge in [0.25, 0.3) is 0 Å². The predicted molar refractivity (Wildman–Crippen MR) is 64.2 cm³/mol. The lowest BCUT2D eigenvalue weighted by Crippen LogP contribution is -2.40. The average Bonchev–Trinajstić information content (AvgIpc) is 2.60. The minimum absolute atomic E-state index is 0.805. The van der Waals surface area contributed by atoms with E-state index in [-0.39, 0.29) is 0 Å². The maximum atomic E-state index is 4.27. The van der Waals surface area contributed by atoms with Gasteiger partial charge in [-0.25, -0.2) is 4.98 Å². The SMILES string of the molecule is c1csc(CCCCNC2CSC2)n1. The number of hydrogen-bond acceptors (Lipinski definition) is 4. The van der Waals surface area contributed by atoms with Crippen LogP contribution in [0.25, 0.3) is 0 Å². The summed E-state index contributed by atoms with van der Waals surface area (Å²) in [6, 6.07) is 0.805. The van der Waals surface area contributed by atoms with Crippen molar-refractivity contribution in [3.63, 3.8) is 0 Å². The Hall–Kier alpha value is -0.0600. The summed E-state index contributed by atoms with van der Waals surface area (Å²) in [6.45, 7) is 1.18. The molecule has 1 aliphatic rings. The number of hydrogen-bond donors (Lipinski definition) is 1. The maximum absolute atomic E-state index is 4.27. The lowest BCUT2D eigenvalue weighted by molar-refractivity contribution is 0.553. The smallest absolute Gasteiger partial charge is 0.0924 e. The summed E-state index contributed by atoms with van der Waals surface area (Å²) in [5, 5.41) is 6.90. The zero-order valence-corrected chi connectivity index (χ0v) is 9.87. The Morgan fingerprint density at radius 1 is 1.43 bits per heavy atom. The Morgan fingerprint density at radius 2 is 2.36 bits per heavy atom. The van der Waals surface area contributed by atoms with Gasteiger partial charge >= 0.3 is 0 Å². The largest absolute Gasteiger partial charge is 0.312 e. The topological polar surface area (TPSA) is 24.9 Å². The zero-order valence-electron chi connectivity index (χ0n) is 8.24. The Morgan fingerprint density at radius 3 is 3.00 bits per heavy atom. The van der Waals surface area contributed by atoms with Crippen LogP contribution in [0.5, 0.6) is 0 Å². The Bertz CT molecular complexity index is 245. The molecule has 78 valence electrons. The maximum Gasteiger partial charge on any atom is 0.0924 e. The molecule has 0 spiro atoms. The van der Waals surface area contributed by atoms with Crippen molar-refractivity contribution in [1.29, 1.82) is 0 Å². The van der Waals surface area contributed by atoms with Gasteiger partial charge in [-0.3, -0.25) is 0 Å². The van der Waals surface area contributed by atoms with Crippen LogP contribution in [0.2, 0.25) is 0 Å². The molecule has 4 heteroatoms. The average molecular weight is 228 g/mol. The molecular weight excluding hydrogens is 212 g/mol. The molecule has 2 heterocycles. The quantitative estimate of drug-likeness (QED) is 0.755.